The molecule has 0 aliphatic carbocycles. The molecule has 0 spiro atoms. The number of benzene rings is 1. The van der Waals surface area contributed by atoms with Crippen LogP contribution in [0.25, 0.3) is 0 Å². The third-order valence-corrected chi connectivity index (χ3v) is 3.73. The van der Waals surface area contributed by atoms with E-state index in [-0.39, 0.29) is 5.91 Å². The maximum Gasteiger partial charge on any atom is 0.296 e. The van der Waals surface area contributed by atoms with Gasteiger partial charge in [-0.15, -0.1) is 0 Å². The summed E-state index contributed by atoms with van der Waals surface area (Å²) < 4.78 is 5.49. The van der Waals surface area contributed by atoms with Gasteiger partial charge in [0.25, 0.3) is 5.91 Å². The number of aryl methyl sites for hydroxylation is 2. The van der Waals surface area contributed by atoms with Gasteiger partial charge in [-0.1, -0.05) is 12.1 Å². The first-order chi connectivity index (χ1) is 10.1. The minimum Gasteiger partial charge on any atom is -0.436 e. The van der Waals surface area contributed by atoms with E-state index in [1.54, 1.807) is 18.7 Å². The Labute approximate surface area is 124 Å². The van der Waals surface area contributed by atoms with Crippen molar-refractivity contribution in [2.24, 2.45) is 0 Å². The molecular weight excluding hydrogens is 266 g/mol. The lowest BCUT2D eigenvalue weighted by atomic mass is 10.2. The van der Waals surface area contributed by atoms with E-state index in [4.69, 9.17) is 4.42 Å². The standard InChI is InChI=1S/C16H19N3O2/c1-10-8-9-19(14-7-5-4-6-13(14)17-10)16(20)15-11(2)18-12(3)21-15/h4-7,10,17H,8-9H2,1-3H3. The second kappa shape index (κ2) is 5.24. The normalized spacial score (nSPS) is 17.9. The first kappa shape index (κ1) is 13.7. The molecule has 5 heteroatoms. The number of amides is 1. The zero-order chi connectivity index (χ0) is 15.0. The van der Waals surface area contributed by atoms with Gasteiger partial charge in [0.1, 0.15) is 0 Å². The zero-order valence-corrected chi connectivity index (χ0v) is 12.5. The molecular formula is C16H19N3O2. The molecule has 0 radical (unpaired) electrons. The molecule has 0 saturated carbocycles. The number of anilines is 2. The highest BCUT2D eigenvalue weighted by molar-refractivity contribution is 6.06. The molecule has 1 atom stereocenters. The van der Waals surface area contributed by atoms with Crippen LogP contribution in [0.2, 0.25) is 0 Å². The van der Waals surface area contributed by atoms with Gasteiger partial charge in [-0.25, -0.2) is 4.98 Å². The Morgan fingerprint density at radius 2 is 2.14 bits per heavy atom. The smallest absolute Gasteiger partial charge is 0.296 e. The first-order valence-electron chi connectivity index (χ1n) is 7.17. The van der Waals surface area contributed by atoms with Crippen molar-refractivity contribution in [3.8, 4) is 0 Å². The number of carbonyl (C=O) groups excluding carboxylic acids is 1. The molecule has 110 valence electrons. The van der Waals surface area contributed by atoms with Crippen LogP contribution in [-0.2, 0) is 0 Å². The van der Waals surface area contributed by atoms with Gasteiger partial charge in [-0.05, 0) is 32.4 Å². The van der Waals surface area contributed by atoms with Crippen LogP contribution in [0.5, 0.6) is 0 Å². The molecule has 0 fully saturated rings. The van der Waals surface area contributed by atoms with Crippen molar-refractivity contribution in [1.82, 2.24) is 4.98 Å². The summed E-state index contributed by atoms with van der Waals surface area (Å²) in [5, 5.41) is 3.44. The predicted molar refractivity (Wildman–Crippen MR) is 81.8 cm³/mol. The number of hydrogen-bond acceptors (Lipinski definition) is 4. The van der Waals surface area contributed by atoms with Crippen LogP contribution >= 0.6 is 0 Å². The average Bonchev–Trinajstić information content (AvgIpc) is 2.69. The highest BCUT2D eigenvalue weighted by Gasteiger charge is 2.27. The second-order valence-electron chi connectivity index (χ2n) is 5.46. The Morgan fingerprint density at radius 3 is 2.86 bits per heavy atom. The number of oxazole rings is 1. The number of nitrogens with one attached hydrogen (secondary N) is 1. The molecule has 2 aromatic rings. The monoisotopic (exact) mass is 285 g/mol. The van der Waals surface area contributed by atoms with Crippen LogP contribution in [0.4, 0.5) is 11.4 Å². The van der Waals surface area contributed by atoms with E-state index in [9.17, 15) is 4.79 Å². The van der Waals surface area contributed by atoms with E-state index in [1.807, 2.05) is 24.3 Å². The minimum atomic E-state index is -0.128. The molecule has 1 amide bonds. The van der Waals surface area contributed by atoms with Crippen LogP contribution in [0.15, 0.2) is 28.7 Å². The summed E-state index contributed by atoms with van der Waals surface area (Å²) in [5.41, 5.74) is 2.50. The fourth-order valence-electron chi connectivity index (χ4n) is 2.68. The highest BCUT2D eigenvalue weighted by Crippen LogP contribution is 2.31. The van der Waals surface area contributed by atoms with Crippen molar-refractivity contribution in [3.63, 3.8) is 0 Å². The molecule has 5 nitrogen and oxygen atoms in total. The third kappa shape index (κ3) is 2.51. The molecule has 1 aliphatic heterocycles. The summed E-state index contributed by atoms with van der Waals surface area (Å²) in [6.07, 6.45) is 0.882. The van der Waals surface area contributed by atoms with Gasteiger partial charge in [0.2, 0.25) is 5.76 Å². The van der Waals surface area contributed by atoms with E-state index in [2.05, 4.69) is 17.2 Å². The number of fused-ring (bicyclic) bond motifs is 1. The van der Waals surface area contributed by atoms with E-state index in [0.717, 1.165) is 17.8 Å². The summed E-state index contributed by atoms with van der Waals surface area (Å²) in [6.45, 7) is 6.33. The van der Waals surface area contributed by atoms with E-state index in [0.29, 0.717) is 29.9 Å². The molecule has 2 heterocycles. The largest absolute Gasteiger partial charge is 0.436 e. The van der Waals surface area contributed by atoms with Crippen molar-refractivity contribution in [2.45, 2.75) is 33.2 Å². The zero-order valence-electron chi connectivity index (χ0n) is 12.5. The second-order valence-corrected chi connectivity index (χ2v) is 5.46. The number of aromatic nitrogens is 1. The number of para-hydroxylation sites is 2. The Bertz CT molecular complexity index is 678. The van der Waals surface area contributed by atoms with Crippen LogP contribution in [0, 0.1) is 13.8 Å². The lowest BCUT2D eigenvalue weighted by Gasteiger charge is -2.21. The molecule has 1 aliphatic rings. The lowest BCUT2D eigenvalue weighted by molar-refractivity contribution is 0.0958. The number of hydrogen-bond donors (Lipinski definition) is 1. The third-order valence-electron chi connectivity index (χ3n) is 3.73. The first-order valence-corrected chi connectivity index (χ1v) is 7.17. The van der Waals surface area contributed by atoms with Gasteiger partial charge in [-0.2, -0.15) is 0 Å². The maximum atomic E-state index is 12.8. The van der Waals surface area contributed by atoms with Gasteiger partial charge in [0.15, 0.2) is 5.89 Å². The van der Waals surface area contributed by atoms with Crippen LogP contribution in [0.3, 0.4) is 0 Å². The van der Waals surface area contributed by atoms with Crippen molar-refractivity contribution in [3.05, 3.63) is 41.6 Å². The molecule has 0 bridgehead atoms. The van der Waals surface area contributed by atoms with Gasteiger partial charge in [0, 0.05) is 19.5 Å². The molecule has 1 aromatic carbocycles. The molecule has 1 N–H and O–H groups in total. The summed E-state index contributed by atoms with van der Waals surface area (Å²) in [7, 11) is 0. The Hall–Kier alpha value is -2.30. The van der Waals surface area contributed by atoms with Gasteiger partial charge in [-0.3, -0.25) is 4.79 Å². The molecule has 21 heavy (non-hydrogen) atoms. The van der Waals surface area contributed by atoms with E-state index >= 15 is 0 Å². The Kier molecular flexibility index (Phi) is 3.41. The lowest BCUT2D eigenvalue weighted by Crippen LogP contribution is -2.32. The van der Waals surface area contributed by atoms with Crippen LogP contribution < -0.4 is 10.2 Å². The summed E-state index contributed by atoms with van der Waals surface area (Å²) >= 11 is 0. The maximum absolute atomic E-state index is 12.8. The van der Waals surface area contributed by atoms with Gasteiger partial charge >= 0.3 is 0 Å². The minimum absolute atomic E-state index is 0.128. The van der Waals surface area contributed by atoms with Crippen molar-refractivity contribution < 1.29 is 9.21 Å². The summed E-state index contributed by atoms with van der Waals surface area (Å²) in [6, 6.07) is 8.18. The fourth-order valence-corrected chi connectivity index (χ4v) is 2.68. The highest BCUT2D eigenvalue weighted by atomic mass is 16.4. The number of carbonyl (C=O) groups is 1. The van der Waals surface area contributed by atoms with E-state index < -0.39 is 0 Å². The van der Waals surface area contributed by atoms with E-state index in [1.165, 1.54) is 0 Å². The predicted octanol–water partition coefficient (Wildman–Crippen LogP) is 3.14. The summed E-state index contributed by atoms with van der Waals surface area (Å²) in [5.74, 6) is 0.721. The topological polar surface area (TPSA) is 58.4 Å². The molecule has 1 aromatic heterocycles. The van der Waals surface area contributed by atoms with Gasteiger partial charge in [0.05, 0.1) is 17.1 Å². The summed E-state index contributed by atoms with van der Waals surface area (Å²) in [4.78, 5) is 18.8. The molecule has 3 rings (SSSR count). The fraction of sp³-hybridized carbons (Fsp3) is 0.375. The molecule has 0 saturated heterocycles. The van der Waals surface area contributed by atoms with Crippen LogP contribution in [-0.4, -0.2) is 23.5 Å². The Balaban J connectivity index is 2.02. The SMILES string of the molecule is Cc1nc(C)c(C(=O)N2CCC(C)Nc3ccccc32)o1. The van der Waals surface area contributed by atoms with Crippen molar-refractivity contribution in [2.75, 3.05) is 16.8 Å². The Morgan fingerprint density at radius 1 is 1.38 bits per heavy atom. The average molecular weight is 285 g/mol. The van der Waals surface area contributed by atoms with Crippen molar-refractivity contribution in [1.29, 1.82) is 0 Å². The van der Waals surface area contributed by atoms with Crippen molar-refractivity contribution >= 4 is 17.3 Å². The number of nitrogens with zero attached hydrogens (tertiary/aromatic N) is 2. The number of rotatable bonds is 1. The van der Waals surface area contributed by atoms with Crippen LogP contribution in [0.1, 0.15) is 35.5 Å². The van der Waals surface area contributed by atoms with Gasteiger partial charge < -0.3 is 14.6 Å². The molecule has 1 unspecified atom stereocenters. The quantitative estimate of drug-likeness (QED) is 0.874.